The van der Waals surface area contributed by atoms with Crippen LogP contribution in [-0.4, -0.2) is 46.9 Å². The third kappa shape index (κ3) is 3.22. The number of aliphatic hydroxyl groups is 1. The minimum absolute atomic E-state index is 0.0902. The summed E-state index contributed by atoms with van der Waals surface area (Å²) in [4.78, 5) is 2.22. The molecule has 1 aliphatic heterocycles. The van der Waals surface area contributed by atoms with Gasteiger partial charge < -0.3 is 9.84 Å². The van der Waals surface area contributed by atoms with E-state index in [1.807, 2.05) is 26.0 Å². The first-order chi connectivity index (χ1) is 8.24. The van der Waals surface area contributed by atoms with Gasteiger partial charge in [-0.15, -0.1) is 13.2 Å². The molecule has 0 radical (unpaired) electrons. The molecule has 0 aromatic rings. The predicted octanol–water partition coefficient (Wildman–Crippen LogP) is 2.22. The molecule has 3 heteroatoms. The van der Waals surface area contributed by atoms with Gasteiger partial charge in [-0.1, -0.05) is 12.2 Å². The van der Waals surface area contributed by atoms with Gasteiger partial charge in [0.25, 0.3) is 0 Å². The predicted molar refractivity (Wildman–Crippen MR) is 75.6 cm³/mol. The van der Waals surface area contributed by atoms with Crippen molar-refractivity contribution in [3.05, 3.63) is 25.3 Å². The molecule has 2 unspecified atom stereocenters. The van der Waals surface area contributed by atoms with Crippen LogP contribution in [0.4, 0.5) is 0 Å². The van der Waals surface area contributed by atoms with E-state index in [-0.39, 0.29) is 11.5 Å². The van der Waals surface area contributed by atoms with Crippen molar-refractivity contribution in [2.75, 3.05) is 19.6 Å². The van der Waals surface area contributed by atoms with E-state index in [0.717, 1.165) is 19.6 Å². The Kier molecular flexibility index (Phi) is 4.76. The second kappa shape index (κ2) is 5.55. The fourth-order valence-electron chi connectivity index (χ4n) is 2.87. The molecule has 0 aromatic carbocycles. The van der Waals surface area contributed by atoms with Crippen LogP contribution in [0.2, 0.25) is 0 Å². The van der Waals surface area contributed by atoms with Crippen molar-refractivity contribution in [3.63, 3.8) is 0 Å². The molecule has 3 nitrogen and oxygen atoms in total. The fraction of sp³-hybridized carbons (Fsp3) is 0.733. The molecule has 1 N–H and O–H groups in total. The van der Waals surface area contributed by atoms with Gasteiger partial charge in [-0.3, -0.25) is 4.90 Å². The SMILES string of the molecule is C=CCN(CC=C)CC1C(O)C(C)(C)OC1(C)C. The molecule has 0 saturated carbocycles. The molecular formula is C15H27NO2. The van der Waals surface area contributed by atoms with E-state index in [4.69, 9.17) is 4.74 Å². The van der Waals surface area contributed by atoms with Gasteiger partial charge in [-0.25, -0.2) is 0 Å². The summed E-state index contributed by atoms with van der Waals surface area (Å²) in [6, 6.07) is 0. The molecule has 18 heavy (non-hydrogen) atoms. The summed E-state index contributed by atoms with van der Waals surface area (Å²) in [6.07, 6.45) is 3.30. The van der Waals surface area contributed by atoms with Crippen molar-refractivity contribution in [2.24, 2.45) is 5.92 Å². The van der Waals surface area contributed by atoms with Crippen molar-refractivity contribution in [3.8, 4) is 0 Å². The van der Waals surface area contributed by atoms with E-state index in [2.05, 4.69) is 31.9 Å². The summed E-state index contributed by atoms with van der Waals surface area (Å²) in [6.45, 7) is 17.9. The van der Waals surface area contributed by atoms with Gasteiger partial charge in [0.1, 0.15) is 0 Å². The van der Waals surface area contributed by atoms with Crippen LogP contribution in [-0.2, 0) is 4.74 Å². The molecule has 0 aromatic heterocycles. The van der Waals surface area contributed by atoms with E-state index in [9.17, 15) is 5.11 Å². The third-order valence-corrected chi connectivity index (χ3v) is 3.74. The number of ether oxygens (including phenoxy) is 1. The monoisotopic (exact) mass is 253 g/mol. The molecular weight excluding hydrogens is 226 g/mol. The van der Waals surface area contributed by atoms with Crippen molar-refractivity contribution in [1.82, 2.24) is 4.90 Å². The Hall–Kier alpha value is -0.640. The summed E-state index contributed by atoms with van der Waals surface area (Å²) < 4.78 is 5.99. The van der Waals surface area contributed by atoms with Crippen LogP contribution < -0.4 is 0 Å². The second-order valence-electron chi connectivity index (χ2n) is 6.16. The molecule has 1 aliphatic rings. The van der Waals surface area contributed by atoms with Gasteiger partial charge in [0.05, 0.1) is 17.3 Å². The highest BCUT2D eigenvalue weighted by molar-refractivity contribution is 5.03. The molecule has 1 rings (SSSR count). The first-order valence-corrected chi connectivity index (χ1v) is 6.57. The lowest BCUT2D eigenvalue weighted by atomic mass is 9.84. The van der Waals surface area contributed by atoms with Crippen LogP contribution in [0.15, 0.2) is 25.3 Å². The van der Waals surface area contributed by atoms with Crippen LogP contribution in [0.25, 0.3) is 0 Å². The largest absolute Gasteiger partial charge is 0.390 e. The minimum atomic E-state index is -0.484. The maximum Gasteiger partial charge on any atom is 0.0896 e. The smallest absolute Gasteiger partial charge is 0.0896 e. The maximum atomic E-state index is 10.4. The minimum Gasteiger partial charge on any atom is -0.390 e. The number of aliphatic hydroxyl groups excluding tert-OH is 1. The van der Waals surface area contributed by atoms with Gasteiger partial charge in [-0.2, -0.15) is 0 Å². The van der Waals surface area contributed by atoms with Crippen molar-refractivity contribution >= 4 is 0 Å². The van der Waals surface area contributed by atoms with Crippen LogP contribution in [0.5, 0.6) is 0 Å². The first-order valence-electron chi connectivity index (χ1n) is 6.57. The zero-order valence-electron chi connectivity index (χ0n) is 12.1. The molecule has 1 fully saturated rings. The van der Waals surface area contributed by atoms with Gasteiger partial charge in [-0.05, 0) is 27.7 Å². The molecule has 0 aliphatic carbocycles. The van der Waals surface area contributed by atoms with Crippen molar-refractivity contribution in [2.45, 2.75) is 45.0 Å². The molecule has 0 spiro atoms. The normalized spacial score (nSPS) is 29.4. The molecule has 0 amide bonds. The molecule has 1 heterocycles. The van der Waals surface area contributed by atoms with Gasteiger partial charge in [0.2, 0.25) is 0 Å². The summed E-state index contributed by atoms with van der Waals surface area (Å²) >= 11 is 0. The third-order valence-electron chi connectivity index (χ3n) is 3.74. The lowest BCUT2D eigenvalue weighted by molar-refractivity contribution is -0.0912. The lowest BCUT2D eigenvalue weighted by Gasteiger charge is -2.31. The standard InChI is InChI=1S/C15H27NO2/c1-7-9-16(10-8-2)11-12-13(17)15(5,6)18-14(12,3)4/h7-8,12-13,17H,1-2,9-11H2,3-6H3. The Morgan fingerprint density at radius 1 is 1.11 bits per heavy atom. The Bertz CT molecular complexity index is 300. The average Bonchev–Trinajstić information content (AvgIpc) is 2.37. The Morgan fingerprint density at radius 2 is 1.61 bits per heavy atom. The van der Waals surface area contributed by atoms with E-state index in [0.29, 0.717) is 0 Å². The van der Waals surface area contributed by atoms with E-state index in [1.165, 1.54) is 0 Å². The number of hydrogen-bond acceptors (Lipinski definition) is 3. The van der Waals surface area contributed by atoms with E-state index in [1.54, 1.807) is 0 Å². The highest BCUT2D eigenvalue weighted by Gasteiger charge is 2.53. The Balaban J connectivity index is 2.80. The number of rotatable bonds is 6. The highest BCUT2D eigenvalue weighted by atomic mass is 16.5. The topological polar surface area (TPSA) is 32.7 Å². The van der Waals surface area contributed by atoms with Crippen molar-refractivity contribution in [1.29, 1.82) is 0 Å². The summed E-state index contributed by atoms with van der Waals surface area (Å²) in [5, 5.41) is 10.4. The molecule has 0 bridgehead atoms. The van der Waals surface area contributed by atoms with E-state index >= 15 is 0 Å². The molecule has 2 atom stereocenters. The zero-order chi connectivity index (χ0) is 14.0. The summed E-state index contributed by atoms with van der Waals surface area (Å²) in [7, 11) is 0. The van der Waals surface area contributed by atoms with Crippen LogP contribution in [0.3, 0.4) is 0 Å². The fourth-order valence-corrected chi connectivity index (χ4v) is 2.87. The van der Waals surface area contributed by atoms with Gasteiger partial charge in [0, 0.05) is 25.6 Å². The lowest BCUT2D eigenvalue weighted by Crippen LogP contribution is -2.43. The average molecular weight is 253 g/mol. The molecule has 1 saturated heterocycles. The van der Waals surface area contributed by atoms with Gasteiger partial charge >= 0.3 is 0 Å². The van der Waals surface area contributed by atoms with E-state index < -0.39 is 11.7 Å². The maximum absolute atomic E-state index is 10.4. The van der Waals surface area contributed by atoms with Crippen LogP contribution in [0.1, 0.15) is 27.7 Å². The van der Waals surface area contributed by atoms with Crippen LogP contribution in [0, 0.1) is 5.92 Å². The summed E-state index contributed by atoms with van der Waals surface area (Å²) in [5.74, 6) is 0.0902. The van der Waals surface area contributed by atoms with Gasteiger partial charge in [0.15, 0.2) is 0 Å². The molecule has 104 valence electrons. The van der Waals surface area contributed by atoms with Crippen LogP contribution >= 0.6 is 0 Å². The quantitative estimate of drug-likeness (QED) is 0.737. The Labute approximate surface area is 111 Å². The summed E-state index contributed by atoms with van der Waals surface area (Å²) in [5.41, 5.74) is -0.800. The number of hydrogen-bond donors (Lipinski definition) is 1. The van der Waals surface area contributed by atoms with Crippen molar-refractivity contribution < 1.29 is 9.84 Å². The number of nitrogens with zero attached hydrogens (tertiary/aromatic N) is 1. The highest BCUT2D eigenvalue weighted by Crippen LogP contribution is 2.42. The Morgan fingerprint density at radius 3 is 1.94 bits per heavy atom. The zero-order valence-corrected chi connectivity index (χ0v) is 12.1. The first kappa shape index (κ1) is 15.4. The second-order valence-corrected chi connectivity index (χ2v) is 6.16.